The summed E-state index contributed by atoms with van der Waals surface area (Å²) in [5.74, 6) is 0.743. The topological polar surface area (TPSA) is 84.7 Å². The first-order valence-corrected chi connectivity index (χ1v) is 8.54. The molecule has 0 bridgehead atoms. The van der Waals surface area contributed by atoms with E-state index in [0.717, 1.165) is 17.1 Å². The van der Waals surface area contributed by atoms with E-state index in [9.17, 15) is 4.79 Å². The standard InChI is InChI=1S/C12H9IN4OS2/c13-7-4-2-1-3-6(7)5-19-12-16-9-8(10(18)17-12)20-11(14)15-9/h1-4H,5H2,(H3,14,15,16,17,18). The number of nitrogens with two attached hydrogens (primary N) is 1. The number of fused-ring (bicyclic) bond motifs is 1. The van der Waals surface area contributed by atoms with Gasteiger partial charge in [0.25, 0.3) is 5.56 Å². The van der Waals surface area contributed by atoms with Crippen molar-refractivity contribution < 1.29 is 0 Å². The highest BCUT2D eigenvalue weighted by molar-refractivity contribution is 14.1. The first-order valence-electron chi connectivity index (χ1n) is 5.66. The van der Waals surface area contributed by atoms with Crippen LogP contribution in [0.5, 0.6) is 0 Å². The average molecular weight is 416 g/mol. The van der Waals surface area contributed by atoms with Gasteiger partial charge in [0.1, 0.15) is 4.70 Å². The Morgan fingerprint density at radius 1 is 1.35 bits per heavy atom. The third-order valence-corrected chi connectivity index (χ3v) is 5.43. The van der Waals surface area contributed by atoms with Gasteiger partial charge in [-0.15, -0.1) is 0 Å². The molecule has 5 nitrogen and oxygen atoms in total. The SMILES string of the molecule is Nc1nc2nc(SCc3ccccc3I)[nH]c(=O)c2s1. The van der Waals surface area contributed by atoms with Crippen LogP contribution in [0.1, 0.15) is 5.56 Å². The molecule has 0 aliphatic rings. The van der Waals surface area contributed by atoms with E-state index in [1.165, 1.54) is 20.9 Å². The number of hydrogen-bond donors (Lipinski definition) is 2. The van der Waals surface area contributed by atoms with Crippen LogP contribution in [0.15, 0.2) is 34.2 Å². The normalized spacial score (nSPS) is 11.1. The molecule has 0 unspecified atom stereocenters. The molecule has 3 aromatic rings. The van der Waals surface area contributed by atoms with Gasteiger partial charge in [0.15, 0.2) is 15.9 Å². The van der Waals surface area contributed by atoms with Gasteiger partial charge in [0.05, 0.1) is 0 Å². The number of halogens is 1. The molecule has 0 atom stereocenters. The lowest BCUT2D eigenvalue weighted by Gasteiger charge is -2.03. The van der Waals surface area contributed by atoms with Crippen molar-refractivity contribution >= 4 is 61.2 Å². The third kappa shape index (κ3) is 2.81. The fourth-order valence-electron chi connectivity index (χ4n) is 1.66. The molecule has 2 heterocycles. The molecule has 2 aromatic heterocycles. The molecule has 0 radical (unpaired) electrons. The van der Waals surface area contributed by atoms with E-state index >= 15 is 0 Å². The number of nitrogens with one attached hydrogen (secondary N) is 1. The molecule has 20 heavy (non-hydrogen) atoms. The lowest BCUT2D eigenvalue weighted by atomic mass is 10.2. The fraction of sp³-hybridized carbons (Fsp3) is 0.0833. The van der Waals surface area contributed by atoms with Crippen molar-refractivity contribution in [2.45, 2.75) is 10.9 Å². The Kier molecular flexibility index (Phi) is 3.94. The van der Waals surface area contributed by atoms with Crippen LogP contribution in [0.2, 0.25) is 0 Å². The second-order valence-corrected chi connectivity index (χ2v) is 7.11. The molecule has 0 fully saturated rings. The molecular weight excluding hydrogens is 407 g/mol. The summed E-state index contributed by atoms with van der Waals surface area (Å²) >= 11 is 4.93. The van der Waals surface area contributed by atoms with Crippen molar-refractivity contribution in [3.63, 3.8) is 0 Å². The lowest BCUT2D eigenvalue weighted by molar-refractivity contribution is 0.967. The molecule has 3 N–H and O–H groups in total. The third-order valence-electron chi connectivity index (χ3n) is 2.58. The monoisotopic (exact) mass is 416 g/mol. The Hall–Kier alpha value is -1.13. The number of aromatic nitrogens is 3. The number of rotatable bonds is 3. The molecule has 1 aromatic carbocycles. The van der Waals surface area contributed by atoms with Crippen molar-refractivity contribution in [2.75, 3.05) is 5.73 Å². The van der Waals surface area contributed by atoms with E-state index < -0.39 is 0 Å². The van der Waals surface area contributed by atoms with Gasteiger partial charge < -0.3 is 10.7 Å². The summed E-state index contributed by atoms with van der Waals surface area (Å²) in [6.45, 7) is 0. The quantitative estimate of drug-likeness (QED) is 0.390. The van der Waals surface area contributed by atoms with Gasteiger partial charge in [-0.3, -0.25) is 4.79 Å². The smallest absolute Gasteiger partial charge is 0.271 e. The Balaban J connectivity index is 1.88. The van der Waals surface area contributed by atoms with Gasteiger partial charge in [-0.2, -0.15) is 0 Å². The van der Waals surface area contributed by atoms with Gasteiger partial charge >= 0.3 is 0 Å². The number of thiazole rings is 1. The van der Waals surface area contributed by atoms with E-state index in [4.69, 9.17) is 5.73 Å². The van der Waals surface area contributed by atoms with E-state index in [-0.39, 0.29) is 5.56 Å². The Labute approximate surface area is 136 Å². The molecule has 102 valence electrons. The second kappa shape index (κ2) is 5.70. The minimum Gasteiger partial charge on any atom is -0.375 e. The summed E-state index contributed by atoms with van der Waals surface area (Å²) in [6, 6.07) is 8.11. The van der Waals surface area contributed by atoms with Crippen molar-refractivity contribution in [2.24, 2.45) is 0 Å². The predicted molar refractivity (Wildman–Crippen MR) is 91.2 cm³/mol. The van der Waals surface area contributed by atoms with Crippen molar-refractivity contribution in [3.05, 3.63) is 43.8 Å². The number of benzene rings is 1. The van der Waals surface area contributed by atoms with Gasteiger partial charge in [0, 0.05) is 9.32 Å². The van der Waals surface area contributed by atoms with Crippen LogP contribution in [0.3, 0.4) is 0 Å². The minimum atomic E-state index is -0.186. The number of nitrogen functional groups attached to an aromatic ring is 1. The highest BCUT2D eigenvalue weighted by atomic mass is 127. The molecule has 0 saturated heterocycles. The van der Waals surface area contributed by atoms with Crippen molar-refractivity contribution in [3.8, 4) is 0 Å². The van der Waals surface area contributed by atoms with Crippen LogP contribution in [0.4, 0.5) is 5.13 Å². The Morgan fingerprint density at radius 2 is 2.15 bits per heavy atom. The zero-order chi connectivity index (χ0) is 14.1. The van der Waals surface area contributed by atoms with Crippen LogP contribution in [-0.4, -0.2) is 15.0 Å². The number of thioether (sulfide) groups is 1. The first-order chi connectivity index (χ1) is 9.63. The van der Waals surface area contributed by atoms with E-state index in [1.807, 2.05) is 12.1 Å². The number of aromatic amines is 1. The molecule has 0 amide bonds. The fourth-order valence-corrected chi connectivity index (χ4v) is 4.02. The van der Waals surface area contributed by atoms with Crippen LogP contribution >= 0.6 is 45.7 Å². The maximum absolute atomic E-state index is 11.9. The maximum atomic E-state index is 11.9. The number of anilines is 1. The van der Waals surface area contributed by atoms with Crippen LogP contribution < -0.4 is 11.3 Å². The maximum Gasteiger partial charge on any atom is 0.271 e. The van der Waals surface area contributed by atoms with Crippen LogP contribution in [0, 0.1) is 3.57 Å². The molecule has 0 aliphatic carbocycles. The second-order valence-electron chi connectivity index (χ2n) is 3.96. The molecule has 8 heteroatoms. The molecule has 0 aliphatic heterocycles. The lowest BCUT2D eigenvalue weighted by Crippen LogP contribution is -2.07. The number of nitrogens with zero attached hydrogens (tertiary/aromatic N) is 2. The first kappa shape index (κ1) is 13.8. The summed E-state index contributed by atoms with van der Waals surface area (Å²) in [5, 5.41) is 0.921. The van der Waals surface area contributed by atoms with E-state index in [1.54, 1.807) is 0 Å². The molecule has 0 saturated carbocycles. The number of hydrogen-bond acceptors (Lipinski definition) is 6. The predicted octanol–water partition coefficient (Wildman–Crippen LogP) is 2.86. The minimum absolute atomic E-state index is 0.186. The Morgan fingerprint density at radius 3 is 2.95 bits per heavy atom. The van der Waals surface area contributed by atoms with Crippen molar-refractivity contribution in [1.29, 1.82) is 0 Å². The summed E-state index contributed by atoms with van der Waals surface area (Å²) in [5.41, 5.74) is 7.04. The highest BCUT2D eigenvalue weighted by Gasteiger charge is 2.10. The summed E-state index contributed by atoms with van der Waals surface area (Å²) in [4.78, 5) is 23.0. The van der Waals surface area contributed by atoms with Gasteiger partial charge in [-0.25, -0.2) is 9.97 Å². The Bertz CT molecular complexity index is 830. The zero-order valence-corrected chi connectivity index (χ0v) is 13.9. The van der Waals surface area contributed by atoms with E-state index in [0.29, 0.717) is 20.6 Å². The van der Waals surface area contributed by atoms with Gasteiger partial charge in [0.2, 0.25) is 0 Å². The van der Waals surface area contributed by atoms with Gasteiger partial charge in [-0.05, 0) is 34.2 Å². The zero-order valence-electron chi connectivity index (χ0n) is 10.1. The molecule has 0 spiro atoms. The largest absolute Gasteiger partial charge is 0.375 e. The van der Waals surface area contributed by atoms with Crippen LogP contribution in [0.25, 0.3) is 10.3 Å². The number of H-pyrrole nitrogens is 1. The molecule has 3 rings (SSSR count). The summed E-state index contributed by atoms with van der Waals surface area (Å²) in [6.07, 6.45) is 0. The van der Waals surface area contributed by atoms with Gasteiger partial charge in [-0.1, -0.05) is 41.3 Å². The van der Waals surface area contributed by atoms with Crippen molar-refractivity contribution in [1.82, 2.24) is 15.0 Å². The summed E-state index contributed by atoms with van der Waals surface area (Å²) in [7, 11) is 0. The van der Waals surface area contributed by atoms with Crippen LogP contribution in [-0.2, 0) is 5.75 Å². The van der Waals surface area contributed by atoms with E-state index in [2.05, 4.69) is 49.7 Å². The highest BCUT2D eigenvalue weighted by Crippen LogP contribution is 2.24. The molecular formula is C12H9IN4OS2. The average Bonchev–Trinajstić information content (AvgIpc) is 2.79. The summed E-state index contributed by atoms with van der Waals surface area (Å²) < 4.78 is 1.67.